The number of rotatable bonds is 2. The lowest BCUT2D eigenvalue weighted by Crippen LogP contribution is -2.34. The van der Waals surface area contributed by atoms with E-state index < -0.39 is 0 Å². The quantitative estimate of drug-likeness (QED) is 0.745. The Kier molecular flexibility index (Phi) is 2.59. The van der Waals surface area contributed by atoms with Gasteiger partial charge in [-0.25, -0.2) is 4.79 Å². The van der Waals surface area contributed by atoms with Gasteiger partial charge in [0.05, 0.1) is 17.8 Å². The second kappa shape index (κ2) is 4.16. The molecule has 19 heavy (non-hydrogen) atoms. The average Bonchev–Trinajstić information content (AvgIpc) is 2.97. The van der Waals surface area contributed by atoms with Gasteiger partial charge in [0, 0.05) is 12.1 Å². The van der Waals surface area contributed by atoms with Crippen LogP contribution in [0.1, 0.15) is 12.5 Å². The number of aromatic amines is 1. The van der Waals surface area contributed by atoms with Crippen LogP contribution in [0.15, 0.2) is 22.0 Å². The van der Waals surface area contributed by atoms with Gasteiger partial charge in [-0.15, -0.1) is 4.80 Å². The molecular formula is C11H11N5O2S. The molecule has 0 spiro atoms. The van der Waals surface area contributed by atoms with Crippen LogP contribution in [0.4, 0.5) is 0 Å². The molecule has 0 radical (unpaired) electrons. The molecule has 3 rings (SSSR count). The van der Waals surface area contributed by atoms with Gasteiger partial charge in [0.2, 0.25) is 0 Å². The summed E-state index contributed by atoms with van der Waals surface area (Å²) in [5, 5.41) is 9.37. The topological polar surface area (TPSA) is 85.6 Å². The molecule has 98 valence electrons. The Morgan fingerprint density at radius 3 is 2.63 bits per heavy atom. The van der Waals surface area contributed by atoms with E-state index in [0.717, 1.165) is 10.6 Å². The van der Waals surface area contributed by atoms with E-state index in [4.69, 9.17) is 0 Å². The lowest BCUT2D eigenvalue weighted by molar-refractivity contribution is 0.684. The minimum absolute atomic E-state index is 0.270. The van der Waals surface area contributed by atoms with Crippen molar-refractivity contribution in [2.24, 2.45) is 0 Å². The van der Waals surface area contributed by atoms with Gasteiger partial charge >= 0.3 is 5.69 Å². The number of hydrogen-bond donors (Lipinski definition) is 1. The first-order valence-corrected chi connectivity index (χ1v) is 6.58. The highest BCUT2D eigenvalue weighted by atomic mass is 32.1. The van der Waals surface area contributed by atoms with Crippen LogP contribution in [-0.2, 0) is 6.54 Å². The molecule has 0 aliphatic rings. The molecule has 0 atom stereocenters. The molecule has 0 bridgehead atoms. The molecule has 0 amide bonds. The van der Waals surface area contributed by atoms with Gasteiger partial charge in [-0.1, -0.05) is 11.3 Å². The zero-order valence-electron chi connectivity index (χ0n) is 10.4. The second-order valence-electron chi connectivity index (χ2n) is 4.03. The second-order valence-corrected chi connectivity index (χ2v) is 5.03. The standard InChI is InChI=1S/C11H11N5O2S/c1-3-15-9(17)7-6(2)10(16-12-4-5-13-16)19-8(7)14-11(15)18/h4-5H,3H2,1-2H3,(H,14,18). The number of thiophene rings is 1. The summed E-state index contributed by atoms with van der Waals surface area (Å²) < 4.78 is 1.18. The highest BCUT2D eigenvalue weighted by Gasteiger charge is 2.17. The Hall–Kier alpha value is -2.22. The fraction of sp³-hybridized carbons (Fsp3) is 0.273. The summed E-state index contributed by atoms with van der Waals surface area (Å²) in [5.41, 5.74) is 0.120. The van der Waals surface area contributed by atoms with Gasteiger partial charge in [0.15, 0.2) is 0 Å². The molecule has 3 aromatic rings. The fourth-order valence-electron chi connectivity index (χ4n) is 2.04. The summed E-state index contributed by atoms with van der Waals surface area (Å²) >= 11 is 1.30. The molecule has 3 aromatic heterocycles. The van der Waals surface area contributed by atoms with Crippen LogP contribution in [0, 0.1) is 6.92 Å². The number of nitrogens with one attached hydrogen (secondary N) is 1. The van der Waals surface area contributed by atoms with E-state index in [1.807, 2.05) is 6.92 Å². The van der Waals surface area contributed by atoms with Gasteiger partial charge < -0.3 is 0 Å². The van der Waals surface area contributed by atoms with Crippen molar-refractivity contribution in [2.75, 3.05) is 0 Å². The predicted octanol–water partition coefficient (Wildman–Crippen LogP) is 0.660. The smallest absolute Gasteiger partial charge is 0.298 e. The number of nitrogens with zero attached hydrogens (tertiary/aromatic N) is 4. The van der Waals surface area contributed by atoms with Crippen molar-refractivity contribution in [3.63, 3.8) is 0 Å². The third-order valence-corrected chi connectivity index (χ3v) is 4.14. The number of aromatic nitrogens is 5. The minimum Gasteiger partial charge on any atom is -0.298 e. The number of aryl methyl sites for hydroxylation is 1. The molecule has 1 N–H and O–H groups in total. The first-order valence-electron chi connectivity index (χ1n) is 5.76. The summed E-state index contributed by atoms with van der Waals surface area (Å²) in [6, 6.07) is 0. The molecular weight excluding hydrogens is 266 g/mol. The summed E-state index contributed by atoms with van der Waals surface area (Å²) in [6.07, 6.45) is 3.13. The van der Waals surface area contributed by atoms with E-state index in [1.165, 1.54) is 20.7 Å². The van der Waals surface area contributed by atoms with Crippen LogP contribution < -0.4 is 11.2 Å². The highest BCUT2D eigenvalue weighted by Crippen LogP contribution is 2.28. The van der Waals surface area contributed by atoms with Crippen LogP contribution in [0.5, 0.6) is 0 Å². The zero-order chi connectivity index (χ0) is 13.6. The molecule has 8 heteroatoms. The maximum Gasteiger partial charge on any atom is 0.329 e. The summed E-state index contributed by atoms with van der Waals surface area (Å²) in [4.78, 5) is 28.8. The van der Waals surface area contributed by atoms with Crippen LogP contribution in [0.25, 0.3) is 15.2 Å². The van der Waals surface area contributed by atoms with Gasteiger partial charge in [-0.05, 0) is 13.8 Å². The summed E-state index contributed by atoms with van der Waals surface area (Å²) in [6.45, 7) is 3.94. The summed E-state index contributed by atoms with van der Waals surface area (Å²) in [7, 11) is 0. The third-order valence-electron chi connectivity index (χ3n) is 2.96. The van der Waals surface area contributed by atoms with Crippen LogP contribution in [-0.4, -0.2) is 24.5 Å². The van der Waals surface area contributed by atoms with E-state index >= 15 is 0 Å². The van der Waals surface area contributed by atoms with Crippen molar-refractivity contribution in [2.45, 2.75) is 20.4 Å². The monoisotopic (exact) mass is 277 g/mol. The van der Waals surface area contributed by atoms with Gasteiger partial charge in [0.1, 0.15) is 9.83 Å². The maximum atomic E-state index is 12.3. The fourth-order valence-corrected chi connectivity index (χ4v) is 3.14. The van der Waals surface area contributed by atoms with Gasteiger partial charge in [-0.3, -0.25) is 14.3 Å². The molecule has 0 saturated heterocycles. The molecule has 0 aromatic carbocycles. The Morgan fingerprint density at radius 1 is 1.32 bits per heavy atom. The van der Waals surface area contributed by atoms with Crippen molar-refractivity contribution in [1.29, 1.82) is 0 Å². The number of fused-ring (bicyclic) bond motifs is 1. The highest BCUT2D eigenvalue weighted by molar-refractivity contribution is 7.21. The van der Waals surface area contributed by atoms with E-state index in [2.05, 4.69) is 15.2 Å². The van der Waals surface area contributed by atoms with Gasteiger partial charge in [0.25, 0.3) is 5.56 Å². The predicted molar refractivity (Wildman–Crippen MR) is 72.0 cm³/mol. The first-order chi connectivity index (χ1) is 9.13. The largest absolute Gasteiger partial charge is 0.329 e. The van der Waals surface area contributed by atoms with E-state index in [0.29, 0.717) is 16.8 Å². The Labute approximate surface area is 111 Å². The van der Waals surface area contributed by atoms with E-state index in [-0.39, 0.29) is 11.2 Å². The molecule has 3 heterocycles. The number of hydrogen-bond acceptors (Lipinski definition) is 5. The van der Waals surface area contributed by atoms with Crippen molar-refractivity contribution < 1.29 is 0 Å². The van der Waals surface area contributed by atoms with E-state index in [1.54, 1.807) is 19.3 Å². The van der Waals surface area contributed by atoms with Crippen molar-refractivity contribution in [3.05, 3.63) is 38.8 Å². The third kappa shape index (κ3) is 1.64. The van der Waals surface area contributed by atoms with Crippen molar-refractivity contribution >= 4 is 21.6 Å². The first kappa shape index (κ1) is 11.8. The number of H-pyrrole nitrogens is 1. The average molecular weight is 277 g/mol. The Bertz CT molecular complexity index is 856. The summed E-state index contributed by atoms with van der Waals surface area (Å²) in [5.74, 6) is 0. The molecule has 0 saturated carbocycles. The minimum atomic E-state index is -0.388. The van der Waals surface area contributed by atoms with Crippen molar-refractivity contribution in [1.82, 2.24) is 24.5 Å². The van der Waals surface area contributed by atoms with Gasteiger partial charge in [-0.2, -0.15) is 10.2 Å². The Balaban J connectivity index is 2.43. The zero-order valence-corrected chi connectivity index (χ0v) is 11.2. The molecule has 0 aliphatic heterocycles. The van der Waals surface area contributed by atoms with E-state index in [9.17, 15) is 9.59 Å². The van der Waals surface area contributed by atoms with Crippen LogP contribution in [0.2, 0.25) is 0 Å². The molecule has 0 aliphatic carbocycles. The normalized spacial score (nSPS) is 11.3. The van der Waals surface area contributed by atoms with Crippen LogP contribution >= 0.6 is 11.3 Å². The molecule has 0 fully saturated rings. The van der Waals surface area contributed by atoms with Crippen molar-refractivity contribution in [3.8, 4) is 5.00 Å². The lowest BCUT2D eigenvalue weighted by atomic mass is 10.2. The Morgan fingerprint density at radius 2 is 2.00 bits per heavy atom. The molecule has 7 nitrogen and oxygen atoms in total. The maximum absolute atomic E-state index is 12.3. The molecule has 0 unspecified atom stereocenters. The van der Waals surface area contributed by atoms with Crippen LogP contribution in [0.3, 0.4) is 0 Å². The lowest BCUT2D eigenvalue weighted by Gasteiger charge is -2.00. The SMILES string of the molecule is CCn1c(=O)[nH]c2sc(-n3nccn3)c(C)c2c1=O.